The molecule has 2 heterocycles. The van der Waals surface area contributed by atoms with Gasteiger partial charge in [-0.15, -0.1) is 0 Å². The first-order valence-electron chi connectivity index (χ1n) is 12.4. The van der Waals surface area contributed by atoms with E-state index in [0.29, 0.717) is 43.4 Å². The van der Waals surface area contributed by atoms with Crippen LogP contribution in [0.3, 0.4) is 0 Å². The first-order valence-corrected chi connectivity index (χ1v) is 13.9. The van der Waals surface area contributed by atoms with Gasteiger partial charge in [0.1, 0.15) is 5.75 Å². The molecule has 0 saturated carbocycles. The first-order chi connectivity index (χ1) is 16.3. The molecule has 184 valence electrons. The fourth-order valence-corrected chi connectivity index (χ4v) is 6.55. The van der Waals surface area contributed by atoms with Crippen molar-refractivity contribution >= 4 is 15.9 Å². The van der Waals surface area contributed by atoms with Crippen molar-refractivity contribution in [2.24, 2.45) is 5.92 Å². The highest BCUT2D eigenvalue weighted by Crippen LogP contribution is 2.36. The Morgan fingerprint density at radius 1 is 0.971 bits per heavy atom. The van der Waals surface area contributed by atoms with E-state index in [-0.39, 0.29) is 17.9 Å². The summed E-state index contributed by atoms with van der Waals surface area (Å²) in [5.74, 6) is 1.23. The molecular weight excluding hydrogens is 448 g/mol. The highest BCUT2D eigenvalue weighted by molar-refractivity contribution is 7.89. The maximum atomic E-state index is 13.4. The third-order valence-corrected chi connectivity index (χ3v) is 9.01. The molecule has 6 nitrogen and oxygen atoms in total. The summed E-state index contributed by atoms with van der Waals surface area (Å²) in [5, 5.41) is 0. The molecule has 2 aromatic carbocycles. The second-order valence-electron chi connectivity index (χ2n) is 9.59. The third kappa shape index (κ3) is 5.15. The number of likely N-dealkylation sites (tertiary alicyclic amines) is 1. The molecule has 0 unspecified atom stereocenters. The summed E-state index contributed by atoms with van der Waals surface area (Å²) in [6.45, 7) is 8.30. The van der Waals surface area contributed by atoms with E-state index in [0.717, 1.165) is 36.3 Å². The highest BCUT2D eigenvalue weighted by Gasteiger charge is 2.37. The maximum Gasteiger partial charge on any atom is 0.243 e. The summed E-state index contributed by atoms with van der Waals surface area (Å²) in [5.41, 5.74) is 2.26. The Labute approximate surface area is 204 Å². The van der Waals surface area contributed by atoms with Crippen LogP contribution in [-0.2, 0) is 14.8 Å². The van der Waals surface area contributed by atoms with Gasteiger partial charge in [-0.3, -0.25) is 4.79 Å². The Balaban J connectivity index is 1.39. The van der Waals surface area contributed by atoms with Crippen LogP contribution in [0.1, 0.15) is 69.5 Å². The Bertz CT molecular complexity index is 1070. The minimum atomic E-state index is -3.54. The summed E-state index contributed by atoms with van der Waals surface area (Å²) in [4.78, 5) is 15.8. The van der Waals surface area contributed by atoms with Gasteiger partial charge in [-0.1, -0.05) is 38.1 Å². The normalized spacial score (nSPS) is 20.1. The molecule has 1 atom stereocenters. The van der Waals surface area contributed by atoms with Crippen molar-refractivity contribution in [2.45, 2.75) is 63.3 Å². The summed E-state index contributed by atoms with van der Waals surface area (Å²) in [7, 11) is -3.54. The Morgan fingerprint density at radius 3 is 2.21 bits per heavy atom. The van der Waals surface area contributed by atoms with Gasteiger partial charge in [0.15, 0.2) is 0 Å². The molecule has 0 N–H and O–H groups in total. The topological polar surface area (TPSA) is 66.9 Å². The van der Waals surface area contributed by atoms with Gasteiger partial charge in [-0.25, -0.2) is 8.42 Å². The summed E-state index contributed by atoms with van der Waals surface area (Å²) < 4.78 is 33.3. The van der Waals surface area contributed by atoms with Crippen molar-refractivity contribution in [1.29, 1.82) is 0 Å². The number of amides is 1. The molecule has 2 aromatic rings. The molecule has 4 rings (SSSR count). The first kappa shape index (κ1) is 24.7. The zero-order valence-corrected chi connectivity index (χ0v) is 21.3. The van der Waals surface area contributed by atoms with Gasteiger partial charge < -0.3 is 9.64 Å². The average Bonchev–Trinajstić information content (AvgIpc) is 3.34. The lowest BCUT2D eigenvalue weighted by molar-refractivity contribution is -0.137. The van der Waals surface area contributed by atoms with Crippen LogP contribution in [0.25, 0.3) is 0 Å². The monoisotopic (exact) mass is 484 g/mol. The van der Waals surface area contributed by atoms with Gasteiger partial charge in [0.05, 0.1) is 17.5 Å². The van der Waals surface area contributed by atoms with E-state index >= 15 is 0 Å². The van der Waals surface area contributed by atoms with Crippen LogP contribution in [0, 0.1) is 5.92 Å². The van der Waals surface area contributed by atoms with Crippen molar-refractivity contribution in [3.63, 3.8) is 0 Å². The molecule has 2 fully saturated rings. The lowest BCUT2D eigenvalue weighted by atomic mass is 9.95. The van der Waals surface area contributed by atoms with E-state index in [2.05, 4.69) is 26.0 Å². The number of nitrogens with zero attached hydrogens (tertiary/aromatic N) is 2. The standard InChI is InChI=1S/C27H36N2O4S/c1-4-33-24-11-7-22(8-12-24)26-6-5-17-29(26)27(30)23-15-18-28(19-16-23)34(31,32)25-13-9-21(10-14-25)20(2)3/h7-14,20,23,26H,4-6,15-19H2,1-3H3/t26-/m1/s1. The number of sulfonamides is 1. The van der Waals surface area contributed by atoms with Crippen LogP contribution in [0.2, 0.25) is 0 Å². The van der Waals surface area contributed by atoms with Crippen molar-refractivity contribution in [2.75, 3.05) is 26.2 Å². The molecular formula is C27H36N2O4S. The number of rotatable bonds is 7. The van der Waals surface area contributed by atoms with Crippen molar-refractivity contribution < 1.29 is 17.9 Å². The van der Waals surface area contributed by atoms with E-state index in [9.17, 15) is 13.2 Å². The quantitative estimate of drug-likeness (QED) is 0.556. The zero-order valence-electron chi connectivity index (χ0n) is 20.4. The van der Waals surface area contributed by atoms with E-state index in [1.807, 2.05) is 36.1 Å². The molecule has 34 heavy (non-hydrogen) atoms. The second kappa shape index (κ2) is 10.5. The lowest BCUT2D eigenvalue weighted by Crippen LogP contribution is -2.44. The molecule has 2 aliphatic heterocycles. The maximum absolute atomic E-state index is 13.4. The predicted octanol–water partition coefficient (Wildman–Crippen LogP) is 4.97. The van der Waals surface area contributed by atoms with Crippen LogP contribution in [-0.4, -0.2) is 49.8 Å². The largest absolute Gasteiger partial charge is 0.494 e. The van der Waals surface area contributed by atoms with Crippen LogP contribution in [0.5, 0.6) is 5.75 Å². The molecule has 0 aromatic heterocycles. The van der Waals surface area contributed by atoms with Crippen molar-refractivity contribution in [3.8, 4) is 5.75 Å². The molecule has 0 radical (unpaired) electrons. The number of hydrogen-bond donors (Lipinski definition) is 0. The number of piperidine rings is 1. The number of ether oxygens (including phenoxy) is 1. The van der Waals surface area contributed by atoms with Gasteiger partial charge in [-0.2, -0.15) is 4.31 Å². The number of carbonyl (C=O) groups excluding carboxylic acids is 1. The van der Waals surface area contributed by atoms with Gasteiger partial charge in [0.25, 0.3) is 0 Å². The molecule has 0 bridgehead atoms. The molecule has 2 saturated heterocycles. The summed E-state index contributed by atoms with van der Waals surface area (Å²) in [6.07, 6.45) is 3.08. The number of hydrogen-bond acceptors (Lipinski definition) is 4. The second-order valence-corrected chi connectivity index (χ2v) is 11.5. The Hall–Kier alpha value is -2.38. The molecule has 0 aliphatic carbocycles. The van der Waals surface area contributed by atoms with Crippen LogP contribution >= 0.6 is 0 Å². The Kier molecular flexibility index (Phi) is 7.63. The van der Waals surface area contributed by atoms with Crippen LogP contribution < -0.4 is 4.74 Å². The number of carbonyl (C=O) groups is 1. The molecule has 1 amide bonds. The third-order valence-electron chi connectivity index (χ3n) is 7.10. The van der Waals surface area contributed by atoms with Crippen LogP contribution in [0.4, 0.5) is 0 Å². The van der Waals surface area contributed by atoms with Gasteiger partial charge in [0, 0.05) is 25.6 Å². The van der Waals surface area contributed by atoms with E-state index < -0.39 is 10.0 Å². The molecule has 7 heteroatoms. The summed E-state index contributed by atoms with van der Waals surface area (Å²) in [6, 6.07) is 15.3. The SMILES string of the molecule is CCOc1ccc([C@H]2CCCN2C(=O)C2CCN(S(=O)(=O)c3ccc(C(C)C)cc3)CC2)cc1. The van der Waals surface area contributed by atoms with E-state index in [1.165, 1.54) is 4.31 Å². The van der Waals surface area contributed by atoms with Gasteiger partial charge in [-0.05, 0) is 73.9 Å². The van der Waals surface area contributed by atoms with E-state index in [4.69, 9.17) is 4.74 Å². The molecule has 0 spiro atoms. The smallest absolute Gasteiger partial charge is 0.243 e. The van der Waals surface area contributed by atoms with E-state index in [1.54, 1.807) is 12.1 Å². The van der Waals surface area contributed by atoms with Gasteiger partial charge >= 0.3 is 0 Å². The Morgan fingerprint density at radius 2 is 1.62 bits per heavy atom. The van der Waals surface area contributed by atoms with Crippen molar-refractivity contribution in [3.05, 3.63) is 59.7 Å². The minimum absolute atomic E-state index is 0.0874. The van der Waals surface area contributed by atoms with Crippen LogP contribution in [0.15, 0.2) is 53.4 Å². The predicted molar refractivity (Wildman–Crippen MR) is 133 cm³/mol. The lowest BCUT2D eigenvalue weighted by Gasteiger charge is -2.34. The minimum Gasteiger partial charge on any atom is -0.494 e. The fraction of sp³-hybridized carbons (Fsp3) is 0.519. The molecule has 2 aliphatic rings. The summed E-state index contributed by atoms with van der Waals surface area (Å²) >= 11 is 0. The highest BCUT2D eigenvalue weighted by atomic mass is 32.2. The zero-order chi connectivity index (χ0) is 24.3. The average molecular weight is 485 g/mol. The van der Waals surface area contributed by atoms with Gasteiger partial charge in [0.2, 0.25) is 15.9 Å². The fourth-order valence-electron chi connectivity index (χ4n) is 5.08. The van der Waals surface area contributed by atoms with Crippen molar-refractivity contribution in [1.82, 2.24) is 9.21 Å². The number of benzene rings is 2.